The Bertz CT molecular complexity index is 695. The molecule has 2 aromatic rings. The predicted molar refractivity (Wildman–Crippen MR) is 71.5 cm³/mol. The average molecular weight is 271 g/mol. The molecule has 0 saturated carbocycles. The fraction of sp³-hybridized carbons (Fsp3) is 0.0714. The molecule has 0 aromatic heterocycles. The lowest BCUT2D eigenvalue weighted by Crippen LogP contribution is -2.03. The number of hydrogen-bond acceptors (Lipinski definition) is 4. The van der Waals surface area contributed by atoms with E-state index in [1.807, 2.05) is 6.07 Å². The lowest BCUT2D eigenvalue weighted by Gasteiger charge is -2.07. The van der Waals surface area contributed by atoms with Crippen molar-refractivity contribution in [3.8, 4) is 6.07 Å². The van der Waals surface area contributed by atoms with Crippen molar-refractivity contribution < 1.29 is 9.31 Å². The molecule has 0 aliphatic carbocycles. The molecule has 2 rings (SSSR count). The van der Waals surface area contributed by atoms with Crippen LogP contribution in [0.25, 0.3) is 0 Å². The summed E-state index contributed by atoms with van der Waals surface area (Å²) in [6.07, 6.45) is 0. The predicted octanol–water partition coefficient (Wildman–Crippen LogP) is 3.22. The second kappa shape index (κ2) is 5.80. The number of nitriles is 1. The summed E-state index contributed by atoms with van der Waals surface area (Å²) in [5.74, 6) is -0.552. The molecule has 6 heteroatoms. The monoisotopic (exact) mass is 271 g/mol. The molecule has 100 valence electrons. The summed E-state index contributed by atoms with van der Waals surface area (Å²) in [6.45, 7) is 0.264. The molecule has 0 bridgehead atoms. The Hall–Kier alpha value is -2.94. The van der Waals surface area contributed by atoms with Crippen molar-refractivity contribution in [3.05, 3.63) is 69.5 Å². The van der Waals surface area contributed by atoms with Gasteiger partial charge in [0.1, 0.15) is 11.5 Å². The molecule has 0 aliphatic rings. The zero-order chi connectivity index (χ0) is 14.5. The topological polar surface area (TPSA) is 79.0 Å². The van der Waals surface area contributed by atoms with Gasteiger partial charge in [-0.3, -0.25) is 10.1 Å². The molecule has 20 heavy (non-hydrogen) atoms. The number of nitrogens with one attached hydrogen (secondary N) is 1. The highest BCUT2D eigenvalue weighted by molar-refractivity contribution is 5.61. The maximum absolute atomic E-state index is 13.1. The van der Waals surface area contributed by atoms with E-state index in [0.717, 1.165) is 23.8 Å². The fourth-order valence-corrected chi connectivity index (χ4v) is 1.76. The van der Waals surface area contributed by atoms with E-state index in [1.165, 1.54) is 0 Å². The van der Waals surface area contributed by atoms with Gasteiger partial charge in [-0.15, -0.1) is 0 Å². The lowest BCUT2D eigenvalue weighted by atomic mass is 10.1. The number of nitrogens with zero attached hydrogens (tertiary/aromatic N) is 2. The first-order valence-corrected chi connectivity index (χ1v) is 5.77. The van der Waals surface area contributed by atoms with Crippen LogP contribution >= 0.6 is 0 Å². The maximum Gasteiger partial charge on any atom is 0.292 e. The van der Waals surface area contributed by atoms with Crippen molar-refractivity contribution >= 4 is 11.4 Å². The summed E-state index contributed by atoms with van der Waals surface area (Å²) in [4.78, 5) is 10.3. The zero-order valence-electron chi connectivity index (χ0n) is 10.3. The lowest BCUT2D eigenvalue weighted by molar-refractivity contribution is -0.384. The van der Waals surface area contributed by atoms with Crippen LogP contribution < -0.4 is 5.32 Å². The number of hydrogen-bond donors (Lipinski definition) is 1. The van der Waals surface area contributed by atoms with Crippen molar-refractivity contribution in [1.29, 1.82) is 5.26 Å². The number of rotatable bonds is 4. The van der Waals surface area contributed by atoms with Crippen LogP contribution in [-0.2, 0) is 6.54 Å². The second-order valence-electron chi connectivity index (χ2n) is 4.08. The number of nitro groups is 1. The van der Waals surface area contributed by atoms with Gasteiger partial charge in [-0.05, 0) is 23.8 Å². The van der Waals surface area contributed by atoms with Gasteiger partial charge in [0.2, 0.25) is 0 Å². The second-order valence-corrected chi connectivity index (χ2v) is 4.08. The molecule has 0 fully saturated rings. The van der Waals surface area contributed by atoms with E-state index in [4.69, 9.17) is 5.26 Å². The van der Waals surface area contributed by atoms with Gasteiger partial charge < -0.3 is 5.32 Å². The van der Waals surface area contributed by atoms with E-state index in [0.29, 0.717) is 5.56 Å². The third-order valence-corrected chi connectivity index (χ3v) is 2.69. The van der Waals surface area contributed by atoms with Gasteiger partial charge in [0.15, 0.2) is 0 Å². The van der Waals surface area contributed by atoms with E-state index < -0.39 is 10.7 Å². The minimum atomic E-state index is -0.576. The molecular weight excluding hydrogens is 261 g/mol. The molecule has 0 heterocycles. The SMILES string of the molecule is N#Cc1cccc(CNc2cc(F)ccc2[N+](=O)[O-])c1. The molecule has 0 amide bonds. The molecule has 0 spiro atoms. The van der Waals surface area contributed by atoms with Crippen LogP contribution in [0.15, 0.2) is 42.5 Å². The minimum absolute atomic E-state index is 0.109. The van der Waals surface area contributed by atoms with E-state index in [-0.39, 0.29) is 17.9 Å². The van der Waals surface area contributed by atoms with Crippen LogP contribution in [0.2, 0.25) is 0 Å². The smallest absolute Gasteiger partial charge is 0.292 e. The van der Waals surface area contributed by atoms with E-state index in [2.05, 4.69) is 5.32 Å². The van der Waals surface area contributed by atoms with Crippen molar-refractivity contribution in [2.45, 2.75) is 6.54 Å². The maximum atomic E-state index is 13.1. The summed E-state index contributed by atoms with van der Waals surface area (Å²) in [7, 11) is 0. The standard InChI is InChI=1S/C14H10FN3O2/c15-12-4-5-14(18(19)20)13(7-12)17-9-11-3-1-2-10(6-11)8-16/h1-7,17H,9H2. The van der Waals surface area contributed by atoms with Crippen molar-refractivity contribution in [2.75, 3.05) is 5.32 Å². The third-order valence-electron chi connectivity index (χ3n) is 2.69. The molecule has 0 saturated heterocycles. The average Bonchev–Trinajstić information content (AvgIpc) is 2.45. The first kappa shape index (κ1) is 13.5. The number of benzene rings is 2. The highest BCUT2D eigenvalue weighted by Crippen LogP contribution is 2.25. The first-order valence-electron chi connectivity index (χ1n) is 5.77. The zero-order valence-corrected chi connectivity index (χ0v) is 10.3. The van der Waals surface area contributed by atoms with Gasteiger partial charge in [0, 0.05) is 18.7 Å². The van der Waals surface area contributed by atoms with E-state index >= 15 is 0 Å². The normalized spacial score (nSPS) is 9.80. The van der Waals surface area contributed by atoms with Crippen LogP contribution in [0.3, 0.4) is 0 Å². The first-order chi connectivity index (χ1) is 9.60. The highest BCUT2D eigenvalue weighted by Gasteiger charge is 2.13. The Labute approximate surface area is 114 Å². The van der Waals surface area contributed by atoms with E-state index in [9.17, 15) is 14.5 Å². The van der Waals surface area contributed by atoms with Crippen molar-refractivity contribution in [3.63, 3.8) is 0 Å². The highest BCUT2D eigenvalue weighted by atomic mass is 19.1. The van der Waals surface area contributed by atoms with Gasteiger partial charge in [0.05, 0.1) is 16.6 Å². The molecular formula is C14H10FN3O2. The summed E-state index contributed by atoms with van der Waals surface area (Å²) in [5, 5.41) is 22.4. The molecule has 1 N–H and O–H groups in total. The van der Waals surface area contributed by atoms with Crippen LogP contribution in [0.5, 0.6) is 0 Å². The molecule has 5 nitrogen and oxygen atoms in total. The number of halogens is 1. The van der Waals surface area contributed by atoms with Crippen LogP contribution in [0.1, 0.15) is 11.1 Å². The van der Waals surface area contributed by atoms with Crippen LogP contribution in [0.4, 0.5) is 15.8 Å². The Morgan fingerprint density at radius 1 is 1.30 bits per heavy atom. The quantitative estimate of drug-likeness (QED) is 0.684. The van der Waals surface area contributed by atoms with Gasteiger partial charge in [-0.25, -0.2) is 4.39 Å². The Balaban J connectivity index is 2.20. The molecule has 2 aromatic carbocycles. The molecule has 0 aliphatic heterocycles. The van der Waals surface area contributed by atoms with Gasteiger partial charge in [0.25, 0.3) is 5.69 Å². The van der Waals surface area contributed by atoms with Crippen molar-refractivity contribution in [2.24, 2.45) is 0 Å². The van der Waals surface area contributed by atoms with E-state index in [1.54, 1.807) is 24.3 Å². The Kier molecular flexibility index (Phi) is 3.91. The van der Waals surface area contributed by atoms with Gasteiger partial charge >= 0.3 is 0 Å². The number of nitro benzene ring substituents is 1. The summed E-state index contributed by atoms with van der Waals surface area (Å²) in [5.41, 5.74) is 1.20. The molecule has 0 atom stereocenters. The van der Waals surface area contributed by atoms with Crippen LogP contribution in [0, 0.1) is 27.3 Å². The summed E-state index contributed by atoms with van der Waals surface area (Å²) >= 11 is 0. The van der Waals surface area contributed by atoms with Crippen molar-refractivity contribution in [1.82, 2.24) is 0 Å². The largest absolute Gasteiger partial charge is 0.375 e. The number of anilines is 1. The van der Waals surface area contributed by atoms with Gasteiger partial charge in [-0.1, -0.05) is 12.1 Å². The minimum Gasteiger partial charge on any atom is -0.375 e. The van der Waals surface area contributed by atoms with Crippen LogP contribution in [-0.4, -0.2) is 4.92 Å². The Morgan fingerprint density at radius 3 is 2.80 bits per heavy atom. The molecule has 0 unspecified atom stereocenters. The third kappa shape index (κ3) is 3.09. The molecule has 0 radical (unpaired) electrons. The summed E-state index contributed by atoms with van der Waals surface area (Å²) < 4.78 is 13.1. The fourth-order valence-electron chi connectivity index (χ4n) is 1.76. The summed E-state index contributed by atoms with van der Waals surface area (Å²) in [6, 6.07) is 12.1. The Morgan fingerprint density at radius 2 is 2.10 bits per heavy atom. The van der Waals surface area contributed by atoms with Gasteiger partial charge in [-0.2, -0.15) is 5.26 Å².